The smallest absolute Gasteiger partial charge is 0.261 e. The lowest BCUT2D eigenvalue weighted by atomic mass is 9.96. The van der Waals surface area contributed by atoms with Gasteiger partial charge in [-0.25, -0.2) is 4.39 Å². The Kier molecular flexibility index (Phi) is 6.18. The van der Waals surface area contributed by atoms with Gasteiger partial charge < -0.3 is 10.1 Å². The molecule has 0 aromatic heterocycles. The third-order valence-corrected chi connectivity index (χ3v) is 4.48. The largest absolute Gasteiger partial charge is 0.478 e. The van der Waals surface area contributed by atoms with Crippen LogP contribution in [0.2, 0.25) is 0 Å². The summed E-state index contributed by atoms with van der Waals surface area (Å²) in [6.07, 6.45) is -0.273. The van der Waals surface area contributed by atoms with Gasteiger partial charge in [0.15, 0.2) is 17.7 Å². The number of carbonyl (C=O) groups is 1. The Balaban J connectivity index is 2.11. The van der Waals surface area contributed by atoms with Crippen LogP contribution in [0.1, 0.15) is 48.6 Å². The maximum Gasteiger partial charge on any atom is 0.261 e. The number of hydrogen-bond acceptors (Lipinski definition) is 2. The zero-order valence-electron chi connectivity index (χ0n) is 15.5. The van der Waals surface area contributed by atoms with E-state index in [1.165, 1.54) is 23.3 Å². The molecule has 0 aliphatic carbocycles. The van der Waals surface area contributed by atoms with Gasteiger partial charge in [0.1, 0.15) is 0 Å². The summed E-state index contributed by atoms with van der Waals surface area (Å²) < 4.78 is 19.3. The third-order valence-electron chi connectivity index (χ3n) is 4.48. The summed E-state index contributed by atoms with van der Waals surface area (Å²) in [5.74, 6) is -0.609. The molecule has 0 radical (unpaired) electrons. The van der Waals surface area contributed by atoms with Crippen molar-refractivity contribution in [2.45, 2.75) is 53.2 Å². The molecule has 1 N–H and O–H groups in total. The molecule has 2 aromatic carbocycles. The van der Waals surface area contributed by atoms with E-state index >= 15 is 0 Å². The Hall–Kier alpha value is -2.36. The monoisotopic (exact) mass is 343 g/mol. The number of carbonyl (C=O) groups excluding carboxylic acids is 1. The number of hydrogen-bond donors (Lipinski definition) is 1. The fraction of sp³-hybridized carbons (Fsp3) is 0.381. The molecule has 1 amide bonds. The maximum atomic E-state index is 13.8. The highest BCUT2D eigenvalue weighted by Gasteiger charge is 2.22. The van der Waals surface area contributed by atoms with Gasteiger partial charge in [-0.15, -0.1) is 0 Å². The van der Waals surface area contributed by atoms with Crippen LogP contribution in [0.15, 0.2) is 36.4 Å². The molecule has 2 aromatic rings. The molecular formula is C21H26FNO2. The van der Waals surface area contributed by atoms with E-state index in [2.05, 4.69) is 31.3 Å². The van der Waals surface area contributed by atoms with E-state index in [9.17, 15) is 9.18 Å². The van der Waals surface area contributed by atoms with Crippen LogP contribution in [0.4, 0.5) is 4.39 Å². The van der Waals surface area contributed by atoms with Crippen LogP contribution in [-0.2, 0) is 4.79 Å². The van der Waals surface area contributed by atoms with Crippen LogP contribution >= 0.6 is 0 Å². The standard InChI is InChI=1S/C21H26FNO2/c1-6-19(25-20-10-8-7-9-18(20)22)21(24)23-16(5)17-12-14(3)13(2)11-15(17)4/h7-12,16,19H,6H2,1-5H3,(H,23,24). The lowest BCUT2D eigenvalue weighted by molar-refractivity contribution is -0.128. The normalized spacial score (nSPS) is 13.2. The number of amides is 1. The van der Waals surface area contributed by atoms with Crippen LogP contribution in [0.3, 0.4) is 0 Å². The first-order valence-electron chi connectivity index (χ1n) is 8.62. The second kappa shape index (κ2) is 8.15. The highest BCUT2D eigenvalue weighted by Crippen LogP contribution is 2.23. The van der Waals surface area contributed by atoms with Gasteiger partial charge in [0.25, 0.3) is 5.91 Å². The molecule has 134 valence electrons. The zero-order chi connectivity index (χ0) is 18.6. The van der Waals surface area contributed by atoms with Gasteiger partial charge in [-0.1, -0.05) is 31.2 Å². The van der Waals surface area contributed by atoms with Crippen molar-refractivity contribution < 1.29 is 13.9 Å². The number of halogens is 1. The van der Waals surface area contributed by atoms with Crippen LogP contribution in [0.25, 0.3) is 0 Å². The van der Waals surface area contributed by atoms with E-state index in [1.807, 2.05) is 20.8 Å². The van der Waals surface area contributed by atoms with Crippen LogP contribution < -0.4 is 10.1 Å². The number of ether oxygens (including phenoxy) is 1. The molecule has 0 fully saturated rings. The second-order valence-corrected chi connectivity index (χ2v) is 6.47. The first-order valence-corrected chi connectivity index (χ1v) is 8.62. The lowest BCUT2D eigenvalue weighted by Crippen LogP contribution is -2.39. The Bertz CT molecular complexity index is 758. The van der Waals surface area contributed by atoms with E-state index in [4.69, 9.17) is 4.74 Å². The summed E-state index contributed by atoms with van der Waals surface area (Å²) in [7, 11) is 0. The number of benzene rings is 2. The van der Waals surface area contributed by atoms with E-state index in [1.54, 1.807) is 12.1 Å². The van der Waals surface area contributed by atoms with E-state index in [-0.39, 0.29) is 17.7 Å². The fourth-order valence-electron chi connectivity index (χ4n) is 2.85. The summed E-state index contributed by atoms with van der Waals surface area (Å²) in [5.41, 5.74) is 4.64. The Morgan fingerprint density at radius 2 is 1.76 bits per heavy atom. The Morgan fingerprint density at radius 3 is 2.40 bits per heavy atom. The molecule has 0 aliphatic heterocycles. The molecule has 25 heavy (non-hydrogen) atoms. The zero-order valence-corrected chi connectivity index (χ0v) is 15.5. The van der Waals surface area contributed by atoms with Crippen LogP contribution in [0, 0.1) is 26.6 Å². The van der Waals surface area contributed by atoms with Crippen molar-refractivity contribution in [3.63, 3.8) is 0 Å². The van der Waals surface area contributed by atoms with Gasteiger partial charge in [0.05, 0.1) is 6.04 Å². The SMILES string of the molecule is CCC(Oc1ccccc1F)C(=O)NC(C)c1cc(C)c(C)cc1C. The van der Waals surface area contributed by atoms with Crippen molar-refractivity contribution in [3.05, 3.63) is 64.5 Å². The molecule has 2 rings (SSSR count). The first-order chi connectivity index (χ1) is 11.8. The average Bonchev–Trinajstić information content (AvgIpc) is 2.57. The number of rotatable bonds is 6. The van der Waals surface area contributed by atoms with Crippen molar-refractivity contribution in [2.75, 3.05) is 0 Å². The van der Waals surface area contributed by atoms with Gasteiger partial charge in [-0.3, -0.25) is 4.79 Å². The summed E-state index contributed by atoms with van der Waals surface area (Å²) in [4.78, 5) is 12.6. The predicted octanol–water partition coefficient (Wildman–Crippen LogP) is 4.79. The molecular weight excluding hydrogens is 317 g/mol. The van der Waals surface area contributed by atoms with Gasteiger partial charge in [-0.2, -0.15) is 0 Å². The number of para-hydroxylation sites is 1. The predicted molar refractivity (Wildman–Crippen MR) is 98.3 cm³/mol. The average molecular weight is 343 g/mol. The van der Waals surface area contributed by atoms with Crippen LogP contribution in [0.5, 0.6) is 5.75 Å². The third kappa shape index (κ3) is 4.59. The minimum absolute atomic E-state index is 0.0968. The van der Waals surface area contributed by atoms with Crippen molar-refractivity contribution >= 4 is 5.91 Å². The maximum absolute atomic E-state index is 13.8. The molecule has 3 nitrogen and oxygen atoms in total. The number of nitrogens with one attached hydrogen (secondary N) is 1. The first kappa shape index (κ1) is 19.0. The molecule has 0 bridgehead atoms. The van der Waals surface area contributed by atoms with Crippen molar-refractivity contribution in [3.8, 4) is 5.75 Å². The molecule has 0 aliphatic rings. The molecule has 0 heterocycles. The minimum atomic E-state index is -0.730. The highest BCUT2D eigenvalue weighted by atomic mass is 19.1. The topological polar surface area (TPSA) is 38.3 Å². The van der Waals surface area contributed by atoms with E-state index < -0.39 is 11.9 Å². The molecule has 0 spiro atoms. The van der Waals surface area contributed by atoms with Crippen molar-refractivity contribution in [1.82, 2.24) is 5.32 Å². The molecule has 0 saturated carbocycles. The van der Waals surface area contributed by atoms with Gasteiger partial charge in [-0.05, 0) is 68.5 Å². The fourth-order valence-corrected chi connectivity index (χ4v) is 2.85. The molecule has 4 heteroatoms. The quantitative estimate of drug-likeness (QED) is 0.819. The van der Waals surface area contributed by atoms with Crippen molar-refractivity contribution in [2.24, 2.45) is 0 Å². The molecule has 2 atom stereocenters. The van der Waals surface area contributed by atoms with E-state index in [0.717, 1.165) is 11.1 Å². The summed E-state index contributed by atoms with van der Waals surface area (Å²) in [6.45, 7) is 9.97. The lowest BCUT2D eigenvalue weighted by Gasteiger charge is -2.22. The van der Waals surface area contributed by atoms with Gasteiger partial charge in [0, 0.05) is 0 Å². The van der Waals surface area contributed by atoms with Crippen molar-refractivity contribution in [1.29, 1.82) is 0 Å². The second-order valence-electron chi connectivity index (χ2n) is 6.47. The number of aryl methyl sites for hydroxylation is 3. The van der Waals surface area contributed by atoms with Gasteiger partial charge >= 0.3 is 0 Å². The Morgan fingerprint density at radius 1 is 1.12 bits per heavy atom. The summed E-state index contributed by atoms with van der Waals surface area (Å²) in [5, 5.41) is 2.99. The minimum Gasteiger partial charge on any atom is -0.478 e. The van der Waals surface area contributed by atoms with Crippen LogP contribution in [-0.4, -0.2) is 12.0 Å². The molecule has 2 unspecified atom stereocenters. The van der Waals surface area contributed by atoms with Gasteiger partial charge in [0.2, 0.25) is 0 Å². The summed E-state index contributed by atoms with van der Waals surface area (Å²) in [6, 6.07) is 10.2. The highest BCUT2D eigenvalue weighted by molar-refractivity contribution is 5.81. The Labute approximate surface area is 149 Å². The summed E-state index contributed by atoms with van der Waals surface area (Å²) >= 11 is 0. The molecule has 0 saturated heterocycles. The van der Waals surface area contributed by atoms with E-state index in [0.29, 0.717) is 6.42 Å².